The fraction of sp³-hybridized carbons (Fsp3) is 0.227. The van der Waals surface area contributed by atoms with Crippen molar-refractivity contribution in [2.45, 2.75) is 35.6 Å². The number of thioether (sulfide) groups is 2. The van der Waals surface area contributed by atoms with Gasteiger partial charge in [-0.2, -0.15) is 0 Å². The first-order chi connectivity index (χ1) is 14.0. The number of rotatable bonds is 7. The molecule has 0 saturated heterocycles. The number of carbonyl (C=O) groups excluding carboxylic acids is 1. The highest BCUT2D eigenvalue weighted by molar-refractivity contribution is 7.99. The minimum Gasteiger partial charge on any atom is -0.326 e. The third-order valence-electron chi connectivity index (χ3n) is 4.45. The molecule has 1 atom stereocenters. The van der Waals surface area contributed by atoms with Crippen molar-refractivity contribution in [3.05, 3.63) is 81.8 Å². The van der Waals surface area contributed by atoms with E-state index in [1.807, 2.05) is 60.9 Å². The van der Waals surface area contributed by atoms with Crippen LogP contribution in [0.15, 0.2) is 69.4 Å². The molecule has 0 bridgehead atoms. The smallest absolute Gasteiger partial charge is 0.255 e. The standard InChI is InChI=1S/C22H23N3O2S2/c1-14-19(13-20(26)24-17-10-7-11-18(12-17)28-3)21(27)25-22(23-14)29-15(2)16-8-5-4-6-9-16/h4-12,15H,13H2,1-3H3,(H,24,26)(H,23,25,27). The van der Waals surface area contributed by atoms with Crippen LogP contribution >= 0.6 is 23.5 Å². The second kappa shape index (κ2) is 9.80. The summed E-state index contributed by atoms with van der Waals surface area (Å²) in [5.74, 6) is -0.239. The number of aryl methyl sites for hydroxylation is 1. The van der Waals surface area contributed by atoms with E-state index in [0.29, 0.717) is 22.1 Å². The van der Waals surface area contributed by atoms with Gasteiger partial charge in [-0.1, -0.05) is 48.2 Å². The molecule has 0 radical (unpaired) electrons. The minimum atomic E-state index is -0.270. The molecule has 1 heterocycles. The monoisotopic (exact) mass is 425 g/mol. The highest BCUT2D eigenvalue weighted by Gasteiger charge is 2.15. The number of hydrogen-bond donors (Lipinski definition) is 2. The topological polar surface area (TPSA) is 74.8 Å². The minimum absolute atomic E-state index is 0.0170. The number of nitrogens with one attached hydrogen (secondary N) is 2. The Hall–Kier alpha value is -2.51. The lowest BCUT2D eigenvalue weighted by atomic mass is 10.1. The van der Waals surface area contributed by atoms with Crippen LogP contribution < -0.4 is 10.9 Å². The van der Waals surface area contributed by atoms with Crippen LogP contribution in [0.1, 0.15) is 29.0 Å². The van der Waals surface area contributed by atoms with E-state index in [1.165, 1.54) is 11.8 Å². The molecule has 7 heteroatoms. The first-order valence-electron chi connectivity index (χ1n) is 9.21. The van der Waals surface area contributed by atoms with Crippen molar-refractivity contribution in [2.24, 2.45) is 0 Å². The van der Waals surface area contributed by atoms with Gasteiger partial charge in [0.25, 0.3) is 5.56 Å². The Labute approximate surface area is 178 Å². The largest absolute Gasteiger partial charge is 0.326 e. The van der Waals surface area contributed by atoms with E-state index in [0.717, 1.165) is 10.5 Å². The number of hydrogen-bond acceptors (Lipinski definition) is 5. The summed E-state index contributed by atoms with van der Waals surface area (Å²) in [6.45, 7) is 3.84. The van der Waals surface area contributed by atoms with Crippen LogP contribution in [0.3, 0.4) is 0 Å². The van der Waals surface area contributed by atoms with Gasteiger partial charge in [-0.15, -0.1) is 11.8 Å². The molecule has 2 N–H and O–H groups in total. The molecule has 150 valence electrons. The lowest BCUT2D eigenvalue weighted by molar-refractivity contribution is -0.115. The molecule has 1 amide bonds. The van der Waals surface area contributed by atoms with E-state index in [1.54, 1.807) is 18.7 Å². The van der Waals surface area contributed by atoms with E-state index < -0.39 is 0 Å². The maximum Gasteiger partial charge on any atom is 0.255 e. The summed E-state index contributed by atoms with van der Waals surface area (Å²) in [5.41, 5.74) is 2.57. The van der Waals surface area contributed by atoms with Gasteiger partial charge < -0.3 is 10.3 Å². The second-order valence-electron chi connectivity index (χ2n) is 6.56. The number of amides is 1. The molecular weight excluding hydrogens is 402 g/mol. The SMILES string of the molecule is CSc1cccc(NC(=O)Cc2c(C)nc(SC(C)c3ccccc3)[nH]c2=O)c1. The van der Waals surface area contributed by atoms with Crippen molar-refractivity contribution in [3.63, 3.8) is 0 Å². The summed E-state index contributed by atoms with van der Waals surface area (Å²) in [6, 6.07) is 17.7. The Balaban J connectivity index is 1.70. The van der Waals surface area contributed by atoms with Gasteiger partial charge in [0.15, 0.2) is 5.16 Å². The number of nitrogens with zero attached hydrogens (tertiary/aromatic N) is 1. The van der Waals surface area contributed by atoms with Crippen molar-refractivity contribution in [2.75, 3.05) is 11.6 Å². The van der Waals surface area contributed by atoms with Crippen molar-refractivity contribution in [3.8, 4) is 0 Å². The van der Waals surface area contributed by atoms with Crippen LogP contribution in [0.25, 0.3) is 0 Å². The summed E-state index contributed by atoms with van der Waals surface area (Å²) in [6.07, 6.45) is 1.96. The maximum atomic E-state index is 12.6. The predicted molar refractivity (Wildman–Crippen MR) is 121 cm³/mol. The number of carbonyl (C=O) groups is 1. The van der Waals surface area contributed by atoms with Crippen molar-refractivity contribution < 1.29 is 4.79 Å². The van der Waals surface area contributed by atoms with E-state index >= 15 is 0 Å². The van der Waals surface area contributed by atoms with Crippen LogP contribution in [0.5, 0.6) is 0 Å². The van der Waals surface area contributed by atoms with Gasteiger partial charge in [0.05, 0.1) is 6.42 Å². The number of anilines is 1. The van der Waals surface area contributed by atoms with Gasteiger partial charge in [-0.05, 0) is 43.9 Å². The maximum absolute atomic E-state index is 12.6. The predicted octanol–water partition coefficient (Wildman–Crippen LogP) is 4.83. The van der Waals surface area contributed by atoms with Crippen LogP contribution in [0, 0.1) is 6.92 Å². The van der Waals surface area contributed by atoms with Crippen LogP contribution in [0.4, 0.5) is 5.69 Å². The quantitative estimate of drug-likeness (QED) is 0.419. The Morgan fingerprint density at radius 2 is 1.93 bits per heavy atom. The Kier molecular flexibility index (Phi) is 7.17. The summed E-state index contributed by atoms with van der Waals surface area (Å²) in [4.78, 5) is 33.4. The van der Waals surface area contributed by atoms with Gasteiger partial charge >= 0.3 is 0 Å². The lowest BCUT2D eigenvalue weighted by Gasteiger charge is -2.12. The summed E-state index contributed by atoms with van der Waals surface area (Å²) < 4.78 is 0. The van der Waals surface area contributed by atoms with Gasteiger partial charge in [0.2, 0.25) is 5.91 Å². The molecule has 0 fully saturated rings. The Morgan fingerprint density at radius 3 is 2.62 bits per heavy atom. The van der Waals surface area contributed by atoms with E-state index in [2.05, 4.69) is 22.2 Å². The molecule has 3 aromatic rings. The first kappa shape index (κ1) is 21.2. The lowest BCUT2D eigenvalue weighted by Crippen LogP contribution is -2.23. The molecular formula is C22H23N3O2S2. The zero-order chi connectivity index (χ0) is 20.8. The molecule has 0 spiro atoms. The highest BCUT2D eigenvalue weighted by Crippen LogP contribution is 2.32. The molecule has 0 aliphatic heterocycles. The molecule has 1 aromatic heterocycles. The van der Waals surface area contributed by atoms with E-state index in [9.17, 15) is 9.59 Å². The van der Waals surface area contributed by atoms with Gasteiger partial charge in [0, 0.05) is 27.1 Å². The molecule has 2 aromatic carbocycles. The third kappa shape index (κ3) is 5.74. The average molecular weight is 426 g/mol. The van der Waals surface area contributed by atoms with Gasteiger partial charge in [0.1, 0.15) is 0 Å². The van der Waals surface area contributed by atoms with Gasteiger partial charge in [-0.25, -0.2) is 4.98 Å². The second-order valence-corrected chi connectivity index (χ2v) is 8.77. The van der Waals surface area contributed by atoms with Crippen molar-refractivity contribution in [1.29, 1.82) is 0 Å². The average Bonchev–Trinajstić information content (AvgIpc) is 2.71. The molecule has 0 aliphatic rings. The molecule has 0 saturated carbocycles. The Morgan fingerprint density at radius 1 is 1.17 bits per heavy atom. The molecule has 29 heavy (non-hydrogen) atoms. The summed E-state index contributed by atoms with van der Waals surface area (Å²) in [7, 11) is 0. The summed E-state index contributed by atoms with van der Waals surface area (Å²) in [5, 5.41) is 3.56. The normalized spacial score (nSPS) is 11.8. The zero-order valence-corrected chi connectivity index (χ0v) is 18.2. The number of aromatic nitrogens is 2. The molecule has 1 unspecified atom stereocenters. The Bertz CT molecular complexity index is 1050. The highest BCUT2D eigenvalue weighted by atomic mass is 32.2. The summed E-state index contributed by atoms with van der Waals surface area (Å²) >= 11 is 3.09. The molecule has 3 rings (SSSR count). The molecule has 5 nitrogen and oxygen atoms in total. The van der Waals surface area contributed by atoms with Crippen LogP contribution in [-0.2, 0) is 11.2 Å². The number of H-pyrrole nitrogens is 1. The van der Waals surface area contributed by atoms with Crippen LogP contribution in [0.2, 0.25) is 0 Å². The number of benzene rings is 2. The first-order valence-corrected chi connectivity index (χ1v) is 11.3. The fourth-order valence-corrected chi connectivity index (χ4v) is 4.30. The van der Waals surface area contributed by atoms with Crippen molar-refractivity contribution >= 4 is 35.1 Å². The van der Waals surface area contributed by atoms with Crippen LogP contribution in [-0.4, -0.2) is 22.1 Å². The van der Waals surface area contributed by atoms with Crippen molar-refractivity contribution in [1.82, 2.24) is 9.97 Å². The van der Waals surface area contributed by atoms with E-state index in [-0.39, 0.29) is 23.1 Å². The third-order valence-corrected chi connectivity index (χ3v) is 6.22. The fourth-order valence-electron chi connectivity index (χ4n) is 2.87. The molecule has 0 aliphatic carbocycles. The zero-order valence-electron chi connectivity index (χ0n) is 16.6. The van der Waals surface area contributed by atoms with Gasteiger partial charge in [-0.3, -0.25) is 9.59 Å². The number of aromatic amines is 1. The van der Waals surface area contributed by atoms with E-state index in [4.69, 9.17) is 0 Å².